The van der Waals surface area contributed by atoms with E-state index in [-0.39, 0.29) is 12.7 Å². The van der Waals surface area contributed by atoms with Crippen molar-refractivity contribution in [1.82, 2.24) is 0 Å². The largest absolute Gasteiger partial charge is 0.394 e. The van der Waals surface area contributed by atoms with Crippen molar-refractivity contribution in [2.24, 2.45) is 0 Å². The highest BCUT2D eigenvalue weighted by molar-refractivity contribution is 4.54. The van der Waals surface area contributed by atoms with E-state index in [1.807, 2.05) is 0 Å². The van der Waals surface area contributed by atoms with Crippen LogP contribution in [0.1, 0.15) is 0 Å². The van der Waals surface area contributed by atoms with E-state index in [4.69, 9.17) is 28.8 Å². The molecule has 1 rings (SSSR count). The average molecular weight is 250 g/mol. The highest BCUT2D eigenvalue weighted by Crippen LogP contribution is 1.94. The van der Waals surface area contributed by atoms with Crippen LogP contribution in [0.25, 0.3) is 0 Å². The van der Waals surface area contributed by atoms with Crippen LogP contribution in [0.5, 0.6) is 0 Å². The van der Waals surface area contributed by atoms with Gasteiger partial charge >= 0.3 is 0 Å². The molecule has 0 saturated carbocycles. The van der Waals surface area contributed by atoms with Gasteiger partial charge in [0.2, 0.25) is 0 Å². The van der Waals surface area contributed by atoms with E-state index in [0.29, 0.717) is 59.5 Å². The minimum atomic E-state index is -0.292. The maximum Gasteiger partial charge on any atom is 0.104 e. The zero-order valence-corrected chi connectivity index (χ0v) is 10.1. The van der Waals surface area contributed by atoms with Crippen molar-refractivity contribution in [3.05, 3.63) is 0 Å². The summed E-state index contributed by atoms with van der Waals surface area (Å²) in [6.07, 6.45) is -0.292. The molecule has 6 nitrogen and oxygen atoms in total. The van der Waals surface area contributed by atoms with Crippen LogP contribution in [0.15, 0.2) is 0 Å². The van der Waals surface area contributed by atoms with Crippen LogP contribution in [-0.2, 0) is 23.7 Å². The molecule has 0 spiro atoms. The van der Waals surface area contributed by atoms with Gasteiger partial charge in [0.1, 0.15) is 6.10 Å². The summed E-state index contributed by atoms with van der Waals surface area (Å²) in [6, 6.07) is 0. The summed E-state index contributed by atoms with van der Waals surface area (Å²) in [5.41, 5.74) is 0. The first-order valence-electron chi connectivity index (χ1n) is 5.97. The summed E-state index contributed by atoms with van der Waals surface area (Å²) < 4.78 is 26.6. The van der Waals surface area contributed by atoms with Gasteiger partial charge < -0.3 is 28.8 Å². The van der Waals surface area contributed by atoms with E-state index in [2.05, 4.69) is 0 Å². The maximum atomic E-state index is 9.04. The zero-order valence-electron chi connectivity index (χ0n) is 10.1. The van der Waals surface area contributed by atoms with E-state index >= 15 is 0 Å². The van der Waals surface area contributed by atoms with Gasteiger partial charge in [0.25, 0.3) is 0 Å². The number of rotatable bonds is 1. The van der Waals surface area contributed by atoms with Gasteiger partial charge in [-0.05, 0) is 0 Å². The summed E-state index contributed by atoms with van der Waals surface area (Å²) in [7, 11) is 0. The van der Waals surface area contributed by atoms with Gasteiger partial charge in [-0.3, -0.25) is 0 Å². The summed E-state index contributed by atoms with van der Waals surface area (Å²) >= 11 is 0. The third-order valence-electron chi connectivity index (χ3n) is 2.20. The zero-order chi connectivity index (χ0) is 12.2. The number of hydrogen-bond acceptors (Lipinski definition) is 6. The lowest BCUT2D eigenvalue weighted by Gasteiger charge is -2.15. The molecule has 0 unspecified atom stereocenters. The lowest BCUT2D eigenvalue weighted by molar-refractivity contribution is -0.0644. The molecular weight excluding hydrogens is 228 g/mol. The van der Waals surface area contributed by atoms with Gasteiger partial charge in [-0.2, -0.15) is 0 Å². The quantitative estimate of drug-likeness (QED) is 0.673. The first-order valence-corrected chi connectivity index (χ1v) is 5.97. The van der Waals surface area contributed by atoms with Crippen molar-refractivity contribution in [2.75, 3.05) is 66.1 Å². The molecule has 1 aliphatic rings. The molecule has 0 aliphatic carbocycles. The smallest absolute Gasteiger partial charge is 0.104 e. The fourth-order valence-electron chi connectivity index (χ4n) is 1.30. The van der Waals surface area contributed by atoms with Crippen LogP contribution in [0.3, 0.4) is 0 Å². The van der Waals surface area contributed by atoms with Crippen LogP contribution in [0, 0.1) is 0 Å². The van der Waals surface area contributed by atoms with E-state index in [0.717, 1.165) is 0 Å². The van der Waals surface area contributed by atoms with Crippen LogP contribution >= 0.6 is 0 Å². The summed E-state index contributed by atoms with van der Waals surface area (Å²) in [5, 5.41) is 9.04. The van der Waals surface area contributed by atoms with Crippen molar-refractivity contribution in [1.29, 1.82) is 0 Å². The standard InChI is InChI=1S/C11H22O6/c12-9-11-10-16-6-5-14-2-1-13-3-4-15-7-8-17-11/h11-12H,1-10H2/t11-/m1/s1. The third-order valence-corrected chi connectivity index (χ3v) is 2.20. The van der Waals surface area contributed by atoms with Crippen molar-refractivity contribution in [3.63, 3.8) is 0 Å². The molecule has 1 saturated heterocycles. The summed E-state index contributed by atoms with van der Waals surface area (Å²) in [6.45, 7) is 4.52. The van der Waals surface area contributed by atoms with Crippen molar-refractivity contribution >= 4 is 0 Å². The van der Waals surface area contributed by atoms with Crippen molar-refractivity contribution in [2.45, 2.75) is 6.10 Å². The first kappa shape index (κ1) is 14.8. The first-order chi connectivity index (χ1) is 8.43. The van der Waals surface area contributed by atoms with Crippen molar-refractivity contribution in [3.8, 4) is 0 Å². The van der Waals surface area contributed by atoms with Crippen molar-refractivity contribution < 1.29 is 28.8 Å². The molecule has 6 heteroatoms. The fraction of sp³-hybridized carbons (Fsp3) is 1.00. The van der Waals surface area contributed by atoms with Crippen LogP contribution in [-0.4, -0.2) is 77.3 Å². The van der Waals surface area contributed by atoms with E-state index < -0.39 is 0 Å². The Labute approximate surface area is 102 Å². The molecule has 0 aromatic carbocycles. The van der Waals surface area contributed by atoms with Gasteiger partial charge in [-0.15, -0.1) is 0 Å². The predicted octanol–water partition coefficient (Wildman–Crippen LogP) is -0.556. The molecule has 0 bridgehead atoms. The summed E-state index contributed by atoms with van der Waals surface area (Å²) in [4.78, 5) is 0. The van der Waals surface area contributed by atoms with E-state index in [9.17, 15) is 0 Å². The van der Waals surface area contributed by atoms with Gasteiger partial charge in [0.15, 0.2) is 0 Å². The molecular formula is C11H22O6. The molecule has 0 aromatic rings. The lowest BCUT2D eigenvalue weighted by Crippen LogP contribution is -2.26. The Hall–Kier alpha value is -0.240. The fourth-order valence-corrected chi connectivity index (χ4v) is 1.30. The monoisotopic (exact) mass is 250 g/mol. The van der Waals surface area contributed by atoms with E-state index in [1.165, 1.54) is 0 Å². The number of aliphatic hydroxyl groups is 1. The Kier molecular flexibility index (Phi) is 9.49. The van der Waals surface area contributed by atoms with E-state index in [1.54, 1.807) is 0 Å². The number of hydrogen-bond donors (Lipinski definition) is 1. The molecule has 1 atom stereocenters. The van der Waals surface area contributed by atoms with Gasteiger partial charge in [0.05, 0.1) is 66.1 Å². The Bertz CT molecular complexity index is 150. The molecule has 0 amide bonds. The highest BCUT2D eigenvalue weighted by Gasteiger charge is 2.07. The Morgan fingerprint density at radius 1 is 0.706 bits per heavy atom. The topological polar surface area (TPSA) is 66.4 Å². The minimum Gasteiger partial charge on any atom is -0.394 e. The van der Waals surface area contributed by atoms with Gasteiger partial charge in [-0.1, -0.05) is 0 Å². The molecule has 0 aromatic heterocycles. The second-order valence-corrected chi connectivity index (χ2v) is 3.59. The summed E-state index contributed by atoms with van der Waals surface area (Å²) in [5.74, 6) is 0. The third kappa shape index (κ3) is 8.48. The molecule has 1 fully saturated rings. The predicted molar refractivity (Wildman–Crippen MR) is 60.1 cm³/mol. The molecule has 1 heterocycles. The second kappa shape index (κ2) is 10.9. The van der Waals surface area contributed by atoms with Gasteiger partial charge in [-0.25, -0.2) is 0 Å². The molecule has 0 radical (unpaired) electrons. The SMILES string of the molecule is OC[C@@H]1COCCOCCOCCOCCO1. The number of ether oxygens (including phenoxy) is 5. The van der Waals surface area contributed by atoms with Crippen LogP contribution < -0.4 is 0 Å². The minimum absolute atomic E-state index is 0.0516. The maximum absolute atomic E-state index is 9.04. The average Bonchev–Trinajstić information content (AvgIpc) is 2.36. The Balaban J connectivity index is 2.16. The number of aliphatic hydroxyl groups excluding tert-OH is 1. The van der Waals surface area contributed by atoms with Crippen LogP contribution in [0.2, 0.25) is 0 Å². The molecule has 1 N–H and O–H groups in total. The normalized spacial score (nSPS) is 27.0. The Morgan fingerprint density at radius 3 is 1.71 bits per heavy atom. The highest BCUT2D eigenvalue weighted by atomic mass is 16.6. The van der Waals surface area contributed by atoms with Crippen LogP contribution in [0.4, 0.5) is 0 Å². The molecule has 17 heavy (non-hydrogen) atoms. The molecule has 1 aliphatic heterocycles. The van der Waals surface area contributed by atoms with Gasteiger partial charge in [0, 0.05) is 0 Å². The molecule has 102 valence electrons. The Morgan fingerprint density at radius 2 is 1.18 bits per heavy atom. The second-order valence-electron chi connectivity index (χ2n) is 3.59. The lowest BCUT2D eigenvalue weighted by atomic mass is 10.4.